The quantitative estimate of drug-likeness (QED) is 0.783. The SMILES string of the molecule is Cc1nc2cc(N)ccc2n1C1CCCC(C)(C)C1. The Morgan fingerprint density at radius 3 is 2.89 bits per heavy atom. The Morgan fingerprint density at radius 2 is 2.16 bits per heavy atom. The van der Waals surface area contributed by atoms with Gasteiger partial charge in [-0.05, 0) is 49.8 Å². The van der Waals surface area contributed by atoms with Crippen molar-refractivity contribution >= 4 is 16.7 Å². The lowest BCUT2D eigenvalue weighted by atomic mass is 9.75. The Kier molecular flexibility index (Phi) is 2.80. The van der Waals surface area contributed by atoms with E-state index >= 15 is 0 Å². The van der Waals surface area contributed by atoms with Crippen molar-refractivity contribution in [3.63, 3.8) is 0 Å². The highest BCUT2D eigenvalue weighted by Crippen LogP contribution is 2.42. The highest BCUT2D eigenvalue weighted by Gasteiger charge is 2.30. The highest BCUT2D eigenvalue weighted by molar-refractivity contribution is 5.79. The second kappa shape index (κ2) is 4.26. The van der Waals surface area contributed by atoms with E-state index in [0.717, 1.165) is 17.0 Å². The van der Waals surface area contributed by atoms with Gasteiger partial charge < -0.3 is 10.3 Å². The van der Waals surface area contributed by atoms with E-state index in [9.17, 15) is 0 Å². The summed E-state index contributed by atoms with van der Waals surface area (Å²) in [4.78, 5) is 4.68. The van der Waals surface area contributed by atoms with Crippen molar-refractivity contribution in [3.05, 3.63) is 24.0 Å². The first-order valence-corrected chi connectivity index (χ1v) is 7.20. The van der Waals surface area contributed by atoms with E-state index in [1.54, 1.807) is 0 Å². The van der Waals surface area contributed by atoms with Crippen molar-refractivity contribution in [2.24, 2.45) is 5.41 Å². The number of rotatable bonds is 1. The second-order valence-electron chi connectivity index (χ2n) is 6.69. The Hall–Kier alpha value is -1.51. The van der Waals surface area contributed by atoms with Gasteiger partial charge in [0.05, 0.1) is 11.0 Å². The monoisotopic (exact) mass is 257 g/mol. The molecule has 3 heteroatoms. The second-order valence-corrected chi connectivity index (χ2v) is 6.69. The van der Waals surface area contributed by atoms with Crippen LogP contribution < -0.4 is 5.73 Å². The van der Waals surface area contributed by atoms with Crippen LogP contribution in [0.4, 0.5) is 5.69 Å². The molecule has 2 aromatic rings. The van der Waals surface area contributed by atoms with Gasteiger partial charge in [-0.3, -0.25) is 0 Å². The predicted molar refractivity (Wildman–Crippen MR) is 80.2 cm³/mol. The highest BCUT2D eigenvalue weighted by atomic mass is 15.1. The molecular weight excluding hydrogens is 234 g/mol. The maximum Gasteiger partial charge on any atom is 0.106 e. The van der Waals surface area contributed by atoms with Crippen LogP contribution in [0.3, 0.4) is 0 Å². The van der Waals surface area contributed by atoms with E-state index in [2.05, 4.69) is 36.4 Å². The molecule has 3 nitrogen and oxygen atoms in total. The molecule has 1 aliphatic rings. The fraction of sp³-hybridized carbons (Fsp3) is 0.562. The van der Waals surface area contributed by atoms with Crippen molar-refractivity contribution in [3.8, 4) is 0 Å². The number of hydrogen-bond donors (Lipinski definition) is 1. The molecule has 1 unspecified atom stereocenters. The van der Waals surface area contributed by atoms with Crippen molar-refractivity contribution in [1.29, 1.82) is 0 Å². The largest absolute Gasteiger partial charge is 0.399 e. The van der Waals surface area contributed by atoms with Crippen molar-refractivity contribution in [2.45, 2.75) is 52.5 Å². The minimum absolute atomic E-state index is 0.444. The van der Waals surface area contributed by atoms with Crippen LogP contribution >= 0.6 is 0 Å². The fourth-order valence-corrected chi connectivity index (χ4v) is 3.58. The molecule has 1 atom stereocenters. The lowest BCUT2D eigenvalue weighted by Crippen LogP contribution is -2.25. The van der Waals surface area contributed by atoms with Crippen LogP contribution in [0.2, 0.25) is 0 Å². The molecular formula is C16H23N3. The maximum atomic E-state index is 5.86. The van der Waals surface area contributed by atoms with E-state index in [4.69, 9.17) is 5.73 Å². The summed E-state index contributed by atoms with van der Waals surface area (Å²) in [7, 11) is 0. The van der Waals surface area contributed by atoms with Crippen LogP contribution in [-0.4, -0.2) is 9.55 Å². The van der Waals surface area contributed by atoms with E-state index < -0.39 is 0 Å². The lowest BCUT2D eigenvalue weighted by Gasteiger charge is -2.36. The normalized spacial score (nSPS) is 22.8. The van der Waals surface area contributed by atoms with E-state index in [1.807, 2.05) is 12.1 Å². The number of nitrogen functional groups attached to an aromatic ring is 1. The molecule has 19 heavy (non-hydrogen) atoms. The molecule has 0 bridgehead atoms. The first kappa shape index (κ1) is 12.5. The number of aryl methyl sites for hydroxylation is 1. The number of imidazole rings is 1. The molecule has 0 spiro atoms. The van der Waals surface area contributed by atoms with Gasteiger partial charge >= 0.3 is 0 Å². The van der Waals surface area contributed by atoms with E-state index in [0.29, 0.717) is 11.5 Å². The molecule has 1 aromatic carbocycles. The lowest BCUT2D eigenvalue weighted by molar-refractivity contribution is 0.184. The first-order chi connectivity index (χ1) is 8.96. The topological polar surface area (TPSA) is 43.8 Å². The molecule has 0 radical (unpaired) electrons. The van der Waals surface area contributed by atoms with E-state index in [1.165, 1.54) is 31.2 Å². The number of benzene rings is 1. The molecule has 1 aliphatic carbocycles. The smallest absolute Gasteiger partial charge is 0.106 e. The molecule has 0 aliphatic heterocycles. The van der Waals surface area contributed by atoms with Gasteiger partial charge in [-0.2, -0.15) is 0 Å². The number of hydrogen-bond acceptors (Lipinski definition) is 2. The molecule has 1 fully saturated rings. The third kappa shape index (κ3) is 2.22. The van der Waals surface area contributed by atoms with Gasteiger partial charge in [-0.1, -0.05) is 20.3 Å². The number of aromatic nitrogens is 2. The zero-order valence-corrected chi connectivity index (χ0v) is 12.1. The first-order valence-electron chi connectivity index (χ1n) is 7.20. The van der Waals surface area contributed by atoms with Crippen LogP contribution in [0.15, 0.2) is 18.2 Å². The van der Waals surface area contributed by atoms with Gasteiger partial charge in [0.2, 0.25) is 0 Å². The minimum atomic E-state index is 0.444. The summed E-state index contributed by atoms with van der Waals surface area (Å²) in [5, 5.41) is 0. The zero-order valence-electron chi connectivity index (χ0n) is 12.1. The third-order valence-electron chi connectivity index (χ3n) is 4.43. The standard InChI is InChI=1S/C16H23N3/c1-11-18-14-9-12(17)6-7-15(14)19(11)13-5-4-8-16(2,3)10-13/h6-7,9,13H,4-5,8,10,17H2,1-3H3. The van der Waals surface area contributed by atoms with Crippen molar-refractivity contribution in [2.75, 3.05) is 5.73 Å². The van der Waals surface area contributed by atoms with Crippen LogP contribution in [0, 0.1) is 12.3 Å². The van der Waals surface area contributed by atoms with E-state index in [-0.39, 0.29) is 0 Å². The molecule has 1 aromatic heterocycles. The average Bonchev–Trinajstić information content (AvgIpc) is 2.62. The van der Waals surface area contributed by atoms with Crippen molar-refractivity contribution in [1.82, 2.24) is 9.55 Å². The Bertz CT molecular complexity index is 610. The van der Waals surface area contributed by atoms with Crippen LogP contribution in [0.1, 0.15) is 51.4 Å². The van der Waals surface area contributed by atoms with Gasteiger partial charge in [-0.15, -0.1) is 0 Å². The van der Waals surface area contributed by atoms with Gasteiger partial charge in [-0.25, -0.2) is 4.98 Å². The summed E-state index contributed by atoms with van der Waals surface area (Å²) >= 11 is 0. The number of nitrogens with zero attached hydrogens (tertiary/aromatic N) is 2. The molecule has 0 amide bonds. The summed E-state index contributed by atoms with van der Waals surface area (Å²) in [6.07, 6.45) is 5.15. The van der Waals surface area contributed by atoms with Gasteiger partial charge in [0.25, 0.3) is 0 Å². The Balaban J connectivity index is 2.07. The number of anilines is 1. The summed E-state index contributed by atoms with van der Waals surface area (Å²) < 4.78 is 2.43. The van der Waals surface area contributed by atoms with Crippen LogP contribution in [-0.2, 0) is 0 Å². The summed E-state index contributed by atoms with van der Waals surface area (Å²) in [6, 6.07) is 6.66. The number of fused-ring (bicyclic) bond motifs is 1. The molecule has 3 rings (SSSR count). The van der Waals surface area contributed by atoms with Gasteiger partial charge in [0.15, 0.2) is 0 Å². The summed E-state index contributed by atoms with van der Waals surface area (Å²) in [5.41, 5.74) is 9.35. The van der Waals surface area contributed by atoms with Gasteiger partial charge in [0, 0.05) is 11.7 Å². The van der Waals surface area contributed by atoms with Crippen LogP contribution in [0.5, 0.6) is 0 Å². The average molecular weight is 257 g/mol. The van der Waals surface area contributed by atoms with Crippen LogP contribution in [0.25, 0.3) is 11.0 Å². The zero-order chi connectivity index (χ0) is 13.6. The third-order valence-corrected chi connectivity index (χ3v) is 4.43. The fourth-order valence-electron chi connectivity index (χ4n) is 3.58. The minimum Gasteiger partial charge on any atom is -0.399 e. The molecule has 2 N–H and O–H groups in total. The molecule has 102 valence electrons. The number of nitrogens with two attached hydrogens (primary N) is 1. The maximum absolute atomic E-state index is 5.86. The van der Waals surface area contributed by atoms with Crippen molar-refractivity contribution < 1.29 is 0 Å². The predicted octanol–water partition coefficient (Wildman–Crippen LogP) is 4.07. The Labute approximate surface area is 114 Å². The molecule has 1 heterocycles. The summed E-state index contributed by atoms with van der Waals surface area (Å²) in [5.74, 6) is 1.11. The Morgan fingerprint density at radius 1 is 1.37 bits per heavy atom. The molecule has 1 saturated carbocycles. The summed E-state index contributed by atoms with van der Waals surface area (Å²) in [6.45, 7) is 6.87. The molecule has 0 saturated heterocycles. The van der Waals surface area contributed by atoms with Gasteiger partial charge in [0.1, 0.15) is 5.82 Å².